The van der Waals surface area contributed by atoms with Crippen LogP contribution in [0.4, 0.5) is 0 Å². The number of nitrogens with zero attached hydrogens (tertiary/aromatic N) is 4. The summed E-state index contributed by atoms with van der Waals surface area (Å²) in [5, 5.41) is 10.1. The van der Waals surface area contributed by atoms with Crippen LogP contribution in [0.5, 0.6) is 0 Å². The van der Waals surface area contributed by atoms with E-state index < -0.39 is 0 Å². The lowest BCUT2D eigenvalue weighted by Gasteiger charge is -2.11. The van der Waals surface area contributed by atoms with Gasteiger partial charge in [-0.15, -0.1) is 0 Å². The van der Waals surface area contributed by atoms with E-state index in [0.717, 1.165) is 40.7 Å². The summed E-state index contributed by atoms with van der Waals surface area (Å²) >= 11 is 0. The maximum absolute atomic E-state index is 13.5. The standard InChI is InChI=1S/C24H22N4O3/c1-15-5-3-4-6-20(15)28-22-19(13-25-28)21(17-11-12-17)26-27(23(22)29)14-16-7-9-18(10-8-16)24(30)31-2/h3-10,13,17H,11-12,14H2,1-2H3. The summed E-state index contributed by atoms with van der Waals surface area (Å²) in [6.45, 7) is 2.32. The van der Waals surface area contributed by atoms with E-state index >= 15 is 0 Å². The Kier molecular flexibility index (Phi) is 4.66. The smallest absolute Gasteiger partial charge is 0.337 e. The van der Waals surface area contributed by atoms with Crippen LogP contribution in [0.3, 0.4) is 0 Å². The van der Waals surface area contributed by atoms with Crippen LogP contribution in [-0.2, 0) is 11.3 Å². The lowest BCUT2D eigenvalue weighted by atomic mass is 10.1. The third-order valence-corrected chi connectivity index (χ3v) is 5.73. The summed E-state index contributed by atoms with van der Waals surface area (Å²) in [6, 6.07) is 14.9. The molecule has 2 heterocycles. The van der Waals surface area contributed by atoms with E-state index in [0.29, 0.717) is 23.5 Å². The van der Waals surface area contributed by atoms with Crippen LogP contribution in [0.1, 0.15) is 45.9 Å². The summed E-state index contributed by atoms with van der Waals surface area (Å²) in [4.78, 5) is 25.2. The number of ether oxygens (including phenoxy) is 1. The Morgan fingerprint density at radius 3 is 2.55 bits per heavy atom. The van der Waals surface area contributed by atoms with E-state index in [1.807, 2.05) is 43.3 Å². The quantitative estimate of drug-likeness (QED) is 0.466. The average molecular weight is 414 g/mol. The second kappa shape index (κ2) is 7.50. The predicted octanol–water partition coefficient (Wildman–Crippen LogP) is 3.60. The SMILES string of the molecule is COC(=O)c1ccc(Cn2nc(C3CC3)c3cnn(-c4ccccc4C)c3c2=O)cc1. The number of hydrogen-bond acceptors (Lipinski definition) is 5. The minimum absolute atomic E-state index is 0.183. The number of hydrogen-bond donors (Lipinski definition) is 0. The van der Waals surface area contributed by atoms with Crippen molar-refractivity contribution < 1.29 is 9.53 Å². The van der Waals surface area contributed by atoms with Crippen molar-refractivity contribution in [1.29, 1.82) is 0 Å². The number of aromatic nitrogens is 4. The molecule has 7 nitrogen and oxygen atoms in total. The molecule has 0 aliphatic heterocycles. The predicted molar refractivity (Wildman–Crippen MR) is 117 cm³/mol. The van der Waals surface area contributed by atoms with Crippen molar-refractivity contribution in [1.82, 2.24) is 19.6 Å². The zero-order chi connectivity index (χ0) is 21.5. The van der Waals surface area contributed by atoms with Crippen LogP contribution in [-0.4, -0.2) is 32.6 Å². The van der Waals surface area contributed by atoms with Gasteiger partial charge in [0.25, 0.3) is 5.56 Å². The van der Waals surface area contributed by atoms with Gasteiger partial charge >= 0.3 is 5.97 Å². The molecular weight excluding hydrogens is 392 g/mol. The third-order valence-electron chi connectivity index (χ3n) is 5.73. The highest BCUT2D eigenvalue weighted by atomic mass is 16.5. The summed E-state index contributed by atoms with van der Waals surface area (Å²) in [5.41, 5.74) is 4.58. The number of aryl methyl sites for hydroxylation is 1. The first-order chi connectivity index (χ1) is 15.1. The molecule has 1 saturated carbocycles. The molecule has 5 rings (SSSR count). The first-order valence-corrected chi connectivity index (χ1v) is 10.3. The fourth-order valence-electron chi connectivity index (χ4n) is 3.88. The number of carbonyl (C=O) groups is 1. The Hall–Kier alpha value is -3.74. The molecule has 0 N–H and O–H groups in total. The number of fused-ring (bicyclic) bond motifs is 1. The molecule has 156 valence electrons. The van der Waals surface area contributed by atoms with Crippen molar-refractivity contribution >= 4 is 16.9 Å². The Morgan fingerprint density at radius 1 is 1.13 bits per heavy atom. The summed E-state index contributed by atoms with van der Waals surface area (Å²) in [6.07, 6.45) is 3.91. The van der Waals surface area contributed by atoms with Crippen molar-refractivity contribution in [2.24, 2.45) is 0 Å². The normalized spacial score (nSPS) is 13.5. The first kappa shape index (κ1) is 19.2. The van der Waals surface area contributed by atoms with Gasteiger partial charge in [0.15, 0.2) is 0 Å². The van der Waals surface area contributed by atoms with Crippen LogP contribution in [0.25, 0.3) is 16.6 Å². The molecular formula is C24H22N4O3. The molecule has 2 aromatic carbocycles. The first-order valence-electron chi connectivity index (χ1n) is 10.3. The van der Waals surface area contributed by atoms with Crippen molar-refractivity contribution in [2.45, 2.75) is 32.2 Å². The van der Waals surface area contributed by atoms with Gasteiger partial charge in [-0.1, -0.05) is 30.3 Å². The lowest BCUT2D eigenvalue weighted by Crippen LogP contribution is -2.26. The minimum Gasteiger partial charge on any atom is -0.465 e. The molecule has 0 atom stereocenters. The largest absolute Gasteiger partial charge is 0.465 e. The van der Waals surface area contributed by atoms with Gasteiger partial charge in [0, 0.05) is 11.3 Å². The van der Waals surface area contributed by atoms with Crippen LogP contribution in [0.15, 0.2) is 59.5 Å². The Morgan fingerprint density at radius 2 is 1.87 bits per heavy atom. The van der Waals surface area contributed by atoms with Crippen molar-refractivity contribution in [3.63, 3.8) is 0 Å². The van der Waals surface area contributed by atoms with Gasteiger partial charge in [-0.25, -0.2) is 14.2 Å². The number of methoxy groups -OCH3 is 1. The van der Waals surface area contributed by atoms with E-state index in [4.69, 9.17) is 9.84 Å². The highest BCUT2D eigenvalue weighted by molar-refractivity contribution is 5.89. The second-order valence-corrected chi connectivity index (χ2v) is 7.92. The van der Waals surface area contributed by atoms with Crippen LogP contribution in [0, 0.1) is 6.92 Å². The second-order valence-electron chi connectivity index (χ2n) is 7.92. The molecule has 0 unspecified atom stereocenters. The number of para-hydroxylation sites is 1. The number of carbonyl (C=O) groups excluding carboxylic acids is 1. The highest BCUT2D eigenvalue weighted by Crippen LogP contribution is 2.41. The fourth-order valence-corrected chi connectivity index (χ4v) is 3.88. The van der Waals surface area contributed by atoms with Crippen molar-refractivity contribution in [2.75, 3.05) is 7.11 Å². The van der Waals surface area contributed by atoms with Crippen LogP contribution >= 0.6 is 0 Å². The summed E-state index contributed by atoms with van der Waals surface area (Å²) in [7, 11) is 1.35. The number of benzene rings is 2. The van der Waals surface area contributed by atoms with Gasteiger partial charge in [-0.3, -0.25) is 4.79 Å². The van der Waals surface area contributed by atoms with E-state index in [2.05, 4.69) is 5.10 Å². The molecule has 7 heteroatoms. The molecule has 0 radical (unpaired) electrons. The fraction of sp³-hybridized carbons (Fsp3) is 0.250. The minimum atomic E-state index is -0.388. The van der Waals surface area contributed by atoms with Crippen molar-refractivity contribution in [3.05, 3.63) is 87.5 Å². The van der Waals surface area contributed by atoms with Crippen LogP contribution < -0.4 is 5.56 Å². The van der Waals surface area contributed by atoms with Gasteiger partial charge in [-0.05, 0) is 49.1 Å². The van der Waals surface area contributed by atoms with E-state index in [9.17, 15) is 9.59 Å². The van der Waals surface area contributed by atoms with Crippen LogP contribution in [0.2, 0.25) is 0 Å². The Balaban J connectivity index is 1.63. The monoisotopic (exact) mass is 414 g/mol. The molecule has 0 saturated heterocycles. The van der Waals surface area contributed by atoms with Gasteiger partial charge in [-0.2, -0.15) is 10.2 Å². The third kappa shape index (κ3) is 3.42. The number of rotatable bonds is 5. The van der Waals surface area contributed by atoms with Gasteiger partial charge in [0.1, 0.15) is 5.52 Å². The van der Waals surface area contributed by atoms with Gasteiger partial charge in [0.05, 0.1) is 36.8 Å². The Labute approximate surface area is 178 Å². The molecule has 1 fully saturated rings. The van der Waals surface area contributed by atoms with E-state index in [-0.39, 0.29) is 11.5 Å². The zero-order valence-corrected chi connectivity index (χ0v) is 17.4. The highest BCUT2D eigenvalue weighted by Gasteiger charge is 2.30. The lowest BCUT2D eigenvalue weighted by molar-refractivity contribution is 0.0600. The zero-order valence-electron chi connectivity index (χ0n) is 17.4. The molecule has 31 heavy (non-hydrogen) atoms. The maximum atomic E-state index is 13.5. The molecule has 2 aromatic heterocycles. The Bertz CT molecular complexity index is 1350. The molecule has 4 aromatic rings. The van der Waals surface area contributed by atoms with E-state index in [1.165, 1.54) is 11.8 Å². The average Bonchev–Trinajstić information content (AvgIpc) is 3.54. The van der Waals surface area contributed by atoms with Gasteiger partial charge < -0.3 is 4.74 Å². The topological polar surface area (TPSA) is 79.0 Å². The van der Waals surface area contributed by atoms with Gasteiger partial charge in [0.2, 0.25) is 0 Å². The molecule has 1 aliphatic carbocycles. The molecule has 0 amide bonds. The molecule has 0 bridgehead atoms. The number of esters is 1. The summed E-state index contributed by atoms with van der Waals surface area (Å²) < 4.78 is 8.00. The molecule has 1 aliphatic rings. The summed E-state index contributed by atoms with van der Waals surface area (Å²) in [5.74, 6) is -0.0213. The van der Waals surface area contributed by atoms with Crippen molar-refractivity contribution in [3.8, 4) is 5.69 Å². The molecule has 0 spiro atoms. The van der Waals surface area contributed by atoms with E-state index in [1.54, 1.807) is 23.0 Å². The maximum Gasteiger partial charge on any atom is 0.337 e.